The molecule has 0 aromatic heterocycles. The molecule has 2 unspecified atom stereocenters. The Balaban J connectivity index is 5.25. The molecular weight excluding hydrogens is 1320 g/mol. The van der Waals surface area contributed by atoms with Gasteiger partial charge in [0.1, 0.15) is 19.3 Å². The summed E-state index contributed by atoms with van der Waals surface area (Å²) < 4.78 is 68.8. The van der Waals surface area contributed by atoms with Crippen LogP contribution in [0.1, 0.15) is 433 Å². The number of unbranched alkanes of at least 4 members (excludes halogenated alkanes) is 51. The summed E-state index contributed by atoms with van der Waals surface area (Å²) >= 11 is 0. The van der Waals surface area contributed by atoms with E-state index < -0.39 is 97.5 Å². The number of carbonyl (C=O) groups excluding carboxylic acids is 4. The van der Waals surface area contributed by atoms with Gasteiger partial charge in [0.25, 0.3) is 0 Å². The van der Waals surface area contributed by atoms with E-state index in [0.29, 0.717) is 25.7 Å². The zero-order chi connectivity index (χ0) is 74.2. The quantitative estimate of drug-likeness (QED) is 0.0222. The van der Waals surface area contributed by atoms with Crippen molar-refractivity contribution < 1.29 is 80.2 Å². The molecule has 0 bridgehead atoms. The maximum Gasteiger partial charge on any atom is 0.472 e. The van der Waals surface area contributed by atoms with Crippen LogP contribution in [0.3, 0.4) is 0 Å². The smallest absolute Gasteiger partial charge is 0.462 e. The predicted molar refractivity (Wildman–Crippen MR) is 414 cm³/mol. The molecule has 0 radical (unpaired) electrons. The molecule has 0 spiro atoms. The zero-order valence-electron chi connectivity index (χ0n) is 66.2. The van der Waals surface area contributed by atoms with E-state index in [1.165, 1.54) is 250 Å². The number of rotatable bonds is 81. The van der Waals surface area contributed by atoms with Gasteiger partial charge in [-0.1, -0.05) is 382 Å². The van der Waals surface area contributed by atoms with Crippen LogP contribution in [0.2, 0.25) is 0 Å². The Labute approximate surface area is 619 Å². The number of ether oxygens (including phenoxy) is 4. The standard InChI is InChI=1S/C82H160O17P2/c1-7-9-11-13-15-17-19-21-22-23-24-25-26-31-35-42-48-54-60-66-81(86)98-77(70-93-80(85)65-59-53-47-41-34-30-28-27-29-32-38-44-50-56-62-74(3)4)72-96-100(88,89)94-68-76(83)69-95-101(90,91)97-73-78(71-92-79(84)64-58-52-46-40-33-20-18-16-14-12-10-8-2)99-82(87)67-61-55-49-43-37-36-39-45-51-57-63-75(5)6/h74-78,83H,7-73H2,1-6H3,(H,88,89)(H,90,91)/t76-,77-,78-/m1/s1. The fourth-order valence-electron chi connectivity index (χ4n) is 12.7. The fourth-order valence-corrected chi connectivity index (χ4v) is 14.3. The SMILES string of the molecule is CCCCCCCCCCCCCCCCCCCCCC(=O)O[C@H](COC(=O)CCCCCCCCCCCCCCCCC(C)C)COP(=O)(O)OC[C@@H](O)COP(=O)(O)OC[C@@H](COC(=O)CCCCCCCCCCCCCC)OC(=O)CCCCCCCCCCCCC(C)C. The van der Waals surface area contributed by atoms with Gasteiger partial charge in [0.15, 0.2) is 12.2 Å². The number of esters is 4. The summed E-state index contributed by atoms with van der Waals surface area (Å²) in [5.74, 6) is -0.555. The number of aliphatic hydroxyl groups is 1. The molecule has 0 aromatic rings. The molecule has 0 fully saturated rings. The fraction of sp³-hybridized carbons (Fsp3) is 0.951. The van der Waals surface area contributed by atoms with E-state index >= 15 is 0 Å². The van der Waals surface area contributed by atoms with Gasteiger partial charge in [0, 0.05) is 25.7 Å². The van der Waals surface area contributed by atoms with E-state index in [0.717, 1.165) is 102 Å². The van der Waals surface area contributed by atoms with E-state index in [1.54, 1.807) is 0 Å². The van der Waals surface area contributed by atoms with E-state index in [9.17, 15) is 43.2 Å². The first kappa shape index (κ1) is 99.1. The van der Waals surface area contributed by atoms with Gasteiger partial charge in [-0.2, -0.15) is 0 Å². The maximum absolute atomic E-state index is 13.1. The molecule has 17 nitrogen and oxygen atoms in total. The monoisotopic (exact) mass is 1480 g/mol. The first-order valence-corrected chi connectivity index (χ1v) is 45.5. The second-order valence-electron chi connectivity index (χ2n) is 30.5. The topological polar surface area (TPSA) is 237 Å². The van der Waals surface area contributed by atoms with Crippen molar-refractivity contribution in [3.05, 3.63) is 0 Å². The van der Waals surface area contributed by atoms with Gasteiger partial charge in [0.05, 0.1) is 26.4 Å². The number of phosphoric acid groups is 2. The summed E-state index contributed by atoms with van der Waals surface area (Å²) in [7, 11) is -9.92. The van der Waals surface area contributed by atoms with E-state index in [1.807, 2.05) is 0 Å². The highest BCUT2D eigenvalue weighted by Gasteiger charge is 2.30. The lowest BCUT2D eigenvalue weighted by Gasteiger charge is -2.21. The number of carbonyl (C=O) groups is 4. The lowest BCUT2D eigenvalue weighted by atomic mass is 10.0. The Morgan fingerprint density at radius 1 is 0.267 bits per heavy atom. The molecule has 5 atom stereocenters. The number of phosphoric ester groups is 2. The summed E-state index contributed by atoms with van der Waals surface area (Å²) in [6.07, 6.45) is 63.8. The second-order valence-corrected chi connectivity index (χ2v) is 33.4. The molecule has 0 aromatic carbocycles. The first-order chi connectivity index (χ1) is 48.9. The molecule has 0 aliphatic carbocycles. The van der Waals surface area contributed by atoms with Crippen molar-refractivity contribution >= 4 is 39.5 Å². The van der Waals surface area contributed by atoms with Crippen LogP contribution in [0.15, 0.2) is 0 Å². The van der Waals surface area contributed by atoms with Crippen molar-refractivity contribution in [2.24, 2.45) is 11.8 Å². The highest BCUT2D eigenvalue weighted by molar-refractivity contribution is 7.47. The average Bonchev–Trinajstić information content (AvgIpc) is 0.948. The van der Waals surface area contributed by atoms with E-state index in [4.69, 9.17) is 37.0 Å². The molecule has 0 heterocycles. The maximum atomic E-state index is 13.1. The number of hydrogen-bond donors (Lipinski definition) is 3. The lowest BCUT2D eigenvalue weighted by molar-refractivity contribution is -0.161. The van der Waals surface area contributed by atoms with Crippen LogP contribution in [-0.2, 0) is 65.4 Å². The predicted octanol–water partition coefficient (Wildman–Crippen LogP) is 24.7. The summed E-state index contributed by atoms with van der Waals surface area (Å²) in [5, 5.41) is 10.7. The van der Waals surface area contributed by atoms with Crippen LogP contribution in [0.4, 0.5) is 0 Å². The third-order valence-electron chi connectivity index (χ3n) is 19.2. The summed E-state index contributed by atoms with van der Waals surface area (Å²) in [4.78, 5) is 73.1. The molecule has 0 saturated heterocycles. The van der Waals surface area contributed by atoms with Gasteiger partial charge in [0.2, 0.25) is 0 Å². The van der Waals surface area contributed by atoms with Crippen molar-refractivity contribution in [3.8, 4) is 0 Å². The van der Waals surface area contributed by atoms with Gasteiger partial charge in [-0.05, 0) is 37.5 Å². The zero-order valence-corrected chi connectivity index (χ0v) is 68.0. The van der Waals surface area contributed by atoms with Gasteiger partial charge in [-0.25, -0.2) is 9.13 Å². The van der Waals surface area contributed by atoms with Crippen molar-refractivity contribution in [1.29, 1.82) is 0 Å². The molecule has 0 aliphatic heterocycles. The Morgan fingerprint density at radius 2 is 0.455 bits per heavy atom. The third kappa shape index (κ3) is 76.1. The second kappa shape index (κ2) is 73.6. The van der Waals surface area contributed by atoms with Crippen LogP contribution in [0.5, 0.6) is 0 Å². The normalized spacial score (nSPS) is 13.9. The highest BCUT2D eigenvalue weighted by Crippen LogP contribution is 2.45. The molecule has 101 heavy (non-hydrogen) atoms. The minimum absolute atomic E-state index is 0.107. The molecule has 0 saturated carbocycles. The van der Waals surface area contributed by atoms with Crippen LogP contribution in [0.25, 0.3) is 0 Å². The average molecular weight is 1480 g/mol. The van der Waals surface area contributed by atoms with Gasteiger partial charge in [-0.15, -0.1) is 0 Å². The number of hydrogen-bond acceptors (Lipinski definition) is 15. The van der Waals surface area contributed by atoms with Crippen LogP contribution < -0.4 is 0 Å². The lowest BCUT2D eigenvalue weighted by Crippen LogP contribution is -2.30. The molecular formula is C82H160O17P2. The molecule has 0 amide bonds. The third-order valence-corrected chi connectivity index (χ3v) is 21.1. The van der Waals surface area contributed by atoms with Crippen LogP contribution in [0, 0.1) is 11.8 Å². The minimum Gasteiger partial charge on any atom is -0.462 e. The highest BCUT2D eigenvalue weighted by atomic mass is 31.2. The van der Waals surface area contributed by atoms with Gasteiger partial charge in [-0.3, -0.25) is 37.3 Å². The van der Waals surface area contributed by atoms with Crippen molar-refractivity contribution in [2.75, 3.05) is 39.6 Å². The van der Waals surface area contributed by atoms with Crippen molar-refractivity contribution in [1.82, 2.24) is 0 Å². The van der Waals surface area contributed by atoms with Crippen molar-refractivity contribution in [3.63, 3.8) is 0 Å². The molecule has 0 aliphatic rings. The van der Waals surface area contributed by atoms with E-state index in [-0.39, 0.29) is 25.7 Å². The van der Waals surface area contributed by atoms with Gasteiger partial charge >= 0.3 is 39.5 Å². The first-order valence-electron chi connectivity index (χ1n) is 42.5. The number of aliphatic hydroxyl groups excluding tert-OH is 1. The van der Waals surface area contributed by atoms with Gasteiger partial charge < -0.3 is 33.8 Å². The van der Waals surface area contributed by atoms with Crippen LogP contribution in [-0.4, -0.2) is 96.7 Å². The molecule has 0 rings (SSSR count). The molecule has 19 heteroatoms. The van der Waals surface area contributed by atoms with E-state index in [2.05, 4.69) is 41.5 Å². The summed E-state index contributed by atoms with van der Waals surface area (Å²) in [6.45, 7) is 9.66. The Bertz CT molecular complexity index is 1940. The Kier molecular flexibility index (Phi) is 72.2. The van der Waals surface area contributed by atoms with Crippen LogP contribution >= 0.6 is 15.6 Å². The molecule has 600 valence electrons. The largest absolute Gasteiger partial charge is 0.472 e. The molecule has 3 N–H and O–H groups in total. The Hall–Kier alpha value is -1.94. The summed E-state index contributed by atoms with van der Waals surface area (Å²) in [5.41, 5.74) is 0. The van der Waals surface area contributed by atoms with Crippen molar-refractivity contribution in [2.45, 2.75) is 452 Å². The Morgan fingerprint density at radius 3 is 0.673 bits per heavy atom. The minimum atomic E-state index is -4.96. The summed E-state index contributed by atoms with van der Waals surface area (Å²) in [6, 6.07) is 0.